The number of imide groups is 1. The molecule has 0 aromatic rings. The monoisotopic (exact) mass is 306 g/mol. The van der Waals surface area contributed by atoms with Gasteiger partial charge in [0.1, 0.15) is 0 Å². The first kappa shape index (κ1) is 18.3. The Balaban J connectivity index is 4.57. The van der Waals surface area contributed by atoms with Crippen LogP contribution in [-0.4, -0.2) is 31.1 Å². The van der Waals surface area contributed by atoms with E-state index in [-0.39, 0.29) is 5.91 Å². The Labute approximate surface area is 123 Å². The van der Waals surface area contributed by atoms with Gasteiger partial charge in [-0.2, -0.15) is 0 Å². The third-order valence-corrected chi connectivity index (χ3v) is 4.32. The molecule has 110 valence electrons. The van der Waals surface area contributed by atoms with Gasteiger partial charge in [0.2, 0.25) is 0 Å². The summed E-state index contributed by atoms with van der Waals surface area (Å²) in [6.07, 6.45) is 6.12. The smallest absolute Gasteiger partial charge is 0.272 e. The Morgan fingerprint density at radius 3 is 2.21 bits per heavy atom. The number of carbonyl (C=O) groups is 2. The molecule has 0 aromatic heterocycles. The van der Waals surface area contributed by atoms with Gasteiger partial charge in [0, 0.05) is 9.81 Å². The van der Waals surface area contributed by atoms with E-state index in [1.165, 1.54) is 23.5 Å². The average Bonchev–Trinajstić information content (AvgIpc) is 2.39. The van der Waals surface area contributed by atoms with Crippen molar-refractivity contribution in [1.82, 2.24) is 10.8 Å². The van der Waals surface area contributed by atoms with Crippen molar-refractivity contribution in [2.75, 3.05) is 19.1 Å². The van der Waals surface area contributed by atoms with Gasteiger partial charge in [-0.15, -0.1) is 23.5 Å². The van der Waals surface area contributed by atoms with E-state index in [9.17, 15) is 9.59 Å². The summed E-state index contributed by atoms with van der Waals surface area (Å²) in [5, 5.41) is 2.27. The maximum atomic E-state index is 12.0. The fraction of sp³-hybridized carbons (Fsp3) is 0.667. The largest absolute Gasteiger partial charge is 0.345 e. The lowest BCUT2D eigenvalue weighted by atomic mass is 10.1. The zero-order valence-electron chi connectivity index (χ0n) is 11.9. The second-order valence-corrected chi connectivity index (χ2v) is 5.55. The molecule has 0 radical (unpaired) electrons. The number of rotatable bonds is 8. The van der Waals surface area contributed by atoms with Crippen molar-refractivity contribution in [3.8, 4) is 0 Å². The molecule has 0 aliphatic heterocycles. The van der Waals surface area contributed by atoms with Gasteiger partial charge in [-0.3, -0.25) is 14.9 Å². The number of hydrogen-bond donors (Lipinski definition) is 2. The van der Waals surface area contributed by atoms with Gasteiger partial charge in [-0.1, -0.05) is 20.3 Å². The molecular weight excluding hydrogens is 284 g/mol. The molecule has 0 aliphatic rings. The molecule has 0 saturated heterocycles. The summed E-state index contributed by atoms with van der Waals surface area (Å²) >= 11 is 3.03. The second-order valence-electron chi connectivity index (χ2n) is 3.66. The van der Waals surface area contributed by atoms with Gasteiger partial charge in [-0.25, -0.2) is 10.3 Å². The third kappa shape index (κ3) is 7.49. The maximum Gasteiger partial charge on any atom is 0.345 e. The van der Waals surface area contributed by atoms with E-state index in [2.05, 4.69) is 10.8 Å². The normalized spacial score (nSPS) is 9.89. The van der Waals surface area contributed by atoms with Crippen LogP contribution in [0.1, 0.15) is 33.1 Å². The number of amides is 3. The number of nitrogens with one attached hydrogen (secondary N) is 2. The highest BCUT2D eigenvalue weighted by atomic mass is 32.2. The molecule has 0 unspecified atom stereocenters. The molecule has 0 aliphatic carbocycles. The minimum Gasteiger partial charge on any atom is -0.272 e. The number of thioether (sulfide) groups is 2. The van der Waals surface area contributed by atoms with E-state index in [0.717, 1.165) is 17.1 Å². The van der Waals surface area contributed by atoms with Crippen LogP contribution in [0.3, 0.4) is 0 Å². The van der Waals surface area contributed by atoms with Crippen LogP contribution < -0.4 is 10.8 Å². The van der Waals surface area contributed by atoms with E-state index in [1.807, 2.05) is 26.4 Å². The number of carbonyl (C=O) groups excluding carboxylic acids is 2. The first-order chi connectivity index (χ1) is 9.10. The van der Waals surface area contributed by atoms with Crippen LogP contribution in [0.4, 0.5) is 4.79 Å². The summed E-state index contributed by atoms with van der Waals surface area (Å²) in [7, 11) is 0. The van der Waals surface area contributed by atoms with E-state index in [0.29, 0.717) is 18.6 Å². The Kier molecular flexibility index (Phi) is 10.8. The molecule has 7 heteroatoms. The molecule has 0 fully saturated rings. The van der Waals surface area contributed by atoms with Crippen molar-refractivity contribution in [3.05, 3.63) is 9.81 Å². The van der Waals surface area contributed by atoms with Crippen LogP contribution in [0.5, 0.6) is 0 Å². The summed E-state index contributed by atoms with van der Waals surface area (Å²) in [4.78, 5) is 28.3. The third-order valence-electron chi connectivity index (χ3n) is 2.09. The molecule has 2 N–H and O–H groups in total. The summed E-state index contributed by atoms with van der Waals surface area (Å²) in [5.41, 5.74) is 2.83. The zero-order valence-corrected chi connectivity index (χ0v) is 13.5. The lowest BCUT2D eigenvalue weighted by Gasteiger charge is -2.11. The lowest BCUT2D eigenvalue weighted by Crippen LogP contribution is -2.40. The molecular formula is C12H22N2O3S2. The first-order valence-electron chi connectivity index (χ1n) is 6.14. The van der Waals surface area contributed by atoms with Gasteiger partial charge in [0.25, 0.3) is 5.91 Å². The summed E-state index contributed by atoms with van der Waals surface area (Å²) in [6, 6.07) is -0.631. The highest BCUT2D eigenvalue weighted by molar-refractivity contribution is 8.21. The van der Waals surface area contributed by atoms with Crippen LogP contribution in [-0.2, 0) is 9.63 Å². The van der Waals surface area contributed by atoms with Crippen molar-refractivity contribution in [2.45, 2.75) is 33.1 Å². The SMILES string of the molecule is CCCONC(=O)NC(=O)C(CCC)=C(SC)SC. The summed E-state index contributed by atoms with van der Waals surface area (Å²) in [5.74, 6) is -0.363. The lowest BCUT2D eigenvalue weighted by molar-refractivity contribution is -0.116. The van der Waals surface area contributed by atoms with Gasteiger partial charge in [0.15, 0.2) is 0 Å². The van der Waals surface area contributed by atoms with E-state index in [4.69, 9.17) is 4.84 Å². The van der Waals surface area contributed by atoms with Crippen molar-refractivity contribution in [1.29, 1.82) is 0 Å². The van der Waals surface area contributed by atoms with Crippen molar-refractivity contribution in [2.24, 2.45) is 0 Å². The summed E-state index contributed by atoms with van der Waals surface area (Å²) < 4.78 is 0.932. The van der Waals surface area contributed by atoms with Crippen LogP contribution in [0.15, 0.2) is 9.81 Å². The average molecular weight is 306 g/mol. The molecule has 0 saturated carbocycles. The van der Waals surface area contributed by atoms with Gasteiger partial charge in [-0.05, 0) is 25.4 Å². The highest BCUT2D eigenvalue weighted by Crippen LogP contribution is 2.29. The topological polar surface area (TPSA) is 67.4 Å². The number of urea groups is 1. The van der Waals surface area contributed by atoms with Crippen LogP contribution in [0.25, 0.3) is 0 Å². The van der Waals surface area contributed by atoms with Crippen LogP contribution in [0, 0.1) is 0 Å². The molecule has 5 nitrogen and oxygen atoms in total. The van der Waals surface area contributed by atoms with Crippen molar-refractivity contribution < 1.29 is 14.4 Å². The molecule has 0 spiro atoms. The zero-order chi connectivity index (χ0) is 14.7. The van der Waals surface area contributed by atoms with E-state index >= 15 is 0 Å². The Morgan fingerprint density at radius 2 is 1.74 bits per heavy atom. The van der Waals surface area contributed by atoms with E-state index in [1.54, 1.807) is 0 Å². The molecule has 0 atom stereocenters. The molecule has 0 bridgehead atoms. The van der Waals surface area contributed by atoms with Crippen molar-refractivity contribution >= 4 is 35.5 Å². The predicted molar refractivity (Wildman–Crippen MR) is 81.9 cm³/mol. The van der Waals surface area contributed by atoms with Crippen LogP contribution >= 0.6 is 23.5 Å². The molecule has 0 rings (SSSR count). The Hall–Kier alpha value is -0.660. The summed E-state index contributed by atoms with van der Waals surface area (Å²) in [6.45, 7) is 4.34. The van der Waals surface area contributed by atoms with Crippen LogP contribution in [0.2, 0.25) is 0 Å². The van der Waals surface area contributed by atoms with Gasteiger partial charge >= 0.3 is 6.03 Å². The Morgan fingerprint density at radius 1 is 1.11 bits per heavy atom. The second kappa shape index (κ2) is 11.2. The maximum absolute atomic E-state index is 12.0. The van der Waals surface area contributed by atoms with E-state index < -0.39 is 6.03 Å². The number of hydroxylamine groups is 1. The quantitative estimate of drug-likeness (QED) is 0.410. The minimum atomic E-state index is -0.631. The predicted octanol–water partition coefficient (Wildman–Crippen LogP) is 2.89. The minimum absolute atomic E-state index is 0.363. The molecule has 0 heterocycles. The standard InChI is InChI=1S/C12H22N2O3S2/c1-5-7-9(11(18-3)19-4)10(15)13-12(16)14-17-8-6-2/h5-8H2,1-4H3,(H2,13,14,15,16). The van der Waals surface area contributed by atoms with Gasteiger partial charge in [0.05, 0.1) is 6.61 Å². The van der Waals surface area contributed by atoms with Crippen molar-refractivity contribution in [3.63, 3.8) is 0 Å². The highest BCUT2D eigenvalue weighted by Gasteiger charge is 2.16. The molecule has 0 aromatic carbocycles. The molecule has 19 heavy (non-hydrogen) atoms. The fourth-order valence-corrected chi connectivity index (χ4v) is 2.86. The van der Waals surface area contributed by atoms with Gasteiger partial charge < -0.3 is 0 Å². The Bertz CT molecular complexity index is 327. The molecule has 3 amide bonds. The number of hydrogen-bond acceptors (Lipinski definition) is 5. The fourth-order valence-electron chi connectivity index (χ4n) is 1.31. The first-order valence-corrected chi connectivity index (χ1v) is 8.59.